The molecular weight excluding hydrogens is 192 g/mol. The van der Waals surface area contributed by atoms with E-state index in [2.05, 4.69) is 31.1 Å². The Morgan fingerprint density at radius 1 is 1.33 bits per heavy atom. The average Bonchev–Trinajstić information content (AvgIpc) is 2.89. The smallest absolute Gasteiger partial charge is 0.140 e. The van der Waals surface area contributed by atoms with Crippen LogP contribution < -0.4 is 0 Å². The van der Waals surface area contributed by atoms with E-state index >= 15 is 0 Å². The number of rotatable bonds is 3. The molecule has 80 valence electrons. The molecule has 2 aromatic heterocycles. The van der Waals surface area contributed by atoms with Gasteiger partial charge >= 0.3 is 0 Å². The van der Waals surface area contributed by atoms with E-state index in [1.165, 1.54) is 0 Å². The van der Waals surface area contributed by atoms with Crippen LogP contribution in [0, 0.1) is 0 Å². The fourth-order valence-corrected chi connectivity index (χ4v) is 1.57. The standard InChI is InChI=1S/C11H14N2O2/c1-8(9-4-6-12-15-9)11(2,3)10-5-7-14-13-10/h4-8H,1-3H3. The van der Waals surface area contributed by atoms with Crippen LogP contribution in [0.2, 0.25) is 0 Å². The highest BCUT2D eigenvalue weighted by molar-refractivity contribution is 5.19. The van der Waals surface area contributed by atoms with Gasteiger partial charge in [-0.15, -0.1) is 0 Å². The van der Waals surface area contributed by atoms with E-state index in [0.29, 0.717) is 0 Å². The largest absolute Gasteiger partial charge is 0.364 e. The lowest BCUT2D eigenvalue weighted by Gasteiger charge is -2.27. The van der Waals surface area contributed by atoms with Gasteiger partial charge in [0, 0.05) is 23.5 Å². The second-order valence-corrected chi connectivity index (χ2v) is 4.24. The maximum atomic E-state index is 5.17. The highest BCUT2D eigenvalue weighted by atomic mass is 16.5. The van der Waals surface area contributed by atoms with Gasteiger partial charge in [-0.25, -0.2) is 0 Å². The van der Waals surface area contributed by atoms with Crippen molar-refractivity contribution in [2.24, 2.45) is 0 Å². The van der Waals surface area contributed by atoms with Crippen LogP contribution in [-0.4, -0.2) is 10.3 Å². The van der Waals surface area contributed by atoms with Crippen LogP contribution >= 0.6 is 0 Å². The molecule has 0 fully saturated rings. The van der Waals surface area contributed by atoms with Crippen LogP contribution in [0.4, 0.5) is 0 Å². The molecule has 0 amide bonds. The molecule has 2 aromatic rings. The van der Waals surface area contributed by atoms with Crippen molar-refractivity contribution < 1.29 is 9.05 Å². The molecule has 0 N–H and O–H groups in total. The molecule has 0 aliphatic heterocycles. The van der Waals surface area contributed by atoms with Crippen molar-refractivity contribution in [2.75, 3.05) is 0 Å². The van der Waals surface area contributed by atoms with Crippen molar-refractivity contribution in [1.82, 2.24) is 10.3 Å². The number of aromatic nitrogens is 2. The van der Waals surface area contributed by atoms with Crippen molar-refractivity contribution in [3.8, 4) is 0 Å². The first kappa shape index (κ1) is 9.96. The average molecular weight is 206 g/mol. The highest BCUT2D eigenvalue weighted by Crippen LogP contribution is 2.37. The Morgan fingerprint density at radius 3 is 2.67 bits per heavy atom. The Labute approximate surface area is 88.2 Å². The monoisotopic (exact) mass is 206 g/mol. The molecular formula is C11H14N2O2. The van der Waals surface area contributed by atoms with E-state index in [4.69, 9.17) is 9.05 Å². The molecule has 1 unspecified atom stereocenters. The molecule has 4 nitrogen and oxygen atoms in total. The van der Waals surface area contributed by atoms with E-state index in [1.54, 1.807) is 12.5 Å². The van der Waals surface area contributed by atoms with Crippen LogP contribution in [0.25, 0.3) is 0 Å². The van der Waals surface area contributed by atoms with Crippen LogP contribution in [0.15, 0.2) is 33.6 Å². The zero-order valence-corrected chi connectivity index (χ0v) is 9.10. The van der Waals surface area contributed by atoms with Gasteiger partial charge in [-0.05, 0) is 0 Å². The first-order chi connectivity index (χ1) is 7.12. The van der Waals surface area contributed by atoms with Crippen molar-refractivity contribution in [3.63, 3.8) is 0 Å². The molecule has 1 atom stereocenters. The fraction of sp³-hybridized carbons (Fsp3) is 0.455. The van der Waals surface area contributed by atoms with Gasteiger partial charge in [0.15, 0.2) is 0 Å². The zero-order chi connectivity index (χ0) is 10.9. The summed E-state index contributed by atoms with van der Waals surface area (Å²) in [4.78, 5) is 0. The number of nitrogens with zero attached hydrogens (tertiary/aromatic N) is 2. The van der Waals surface area contributed by atoms with E-state index in [-0.39, 0.29) is 11.3 Å². The summed E-state index contributed by atoms with van der Waals surface area (Å²) in [6, 6.07) is 3.76. The van der Waals surface area contributed by atoms with Crippen molar-refractivity contribution in [3.05, 3.63) is 36.0 Å². The molecule has 2 rings (SSSR count). The lowest BCUT2D eigenvalue weighted by molar-refractivity contribution is 0.300. The topological polar surface area (TPSA) is 52.1 Å². The minimum Gasteiger partial charge on any atom is -0.364 e. The van der Waals surface area contributed by atoms with Gasteiger partial charge in [0.25, 0.3) is 0 Å². The minimum absolute atomic E-state index is 0.132. The molecule has 0 radical (unpaired) electrons. The molecule has 0 aliphatic rings. The molecule has 0 saturated heterocycles. The quantitative estimate of drug-likeness (QED) is 0.774. The minimum atomic E-state index is -0.132. The summed E-state index contributed by atoms with van der Waals surface area (Å²) in [5.74, 6) is 1.06. The van der Waals surface area contributed by atoms with Crippen LogP contribution in [-0.2, 0) is 5.41 Å². The van der Waals surface area contributed by atoms with Gasteiger partial charge < -0.3 is 9.05 Å². The lowest BCUT2D eigenvalue weighted by atomic mass is 9.76. The van der Waals surface area contributed by atoms with Gasteiger partial charge in [-0.2, -0.15) is 0 Å². The van der Waals surface area contributed by atoms with Crippen molar-refractivity contribution in [2.45, 2.75) is 32.1 Å². The first-order valence-electron chi connectivity index (χ1n) is 4.94. The summed E-state index contributed by atoms with van der Waals surface area (Å²) in [5.41, 5.74) is 0.790. The number of hydrogen-bond donors (Lipinski definition) is 0. The third-order valence-corrected chi connectivity index (χ3v) is 3.07. The summed E-state index contributed by atoms with van der Waals surface area (Å²) in [5, 5.41) is 7.70. The predicted molar refractivity (Wildman–Crippen MR) is 54.4 cm³/mol. The summed E-state index contributed by atoms with van der Waals surface area (Å²) < 4.78 is 10.0. The zero-order valence-electron chi connectivity index (χ0n) is 9.10. The van der Waals surface area contributed by atoms with E-state index in [1.807, 2.05) is 12.1 Å². The summed E-state index contributed by atoms with van der Waals surface area (Å²) in [6.07, 6.45) is 3.24. The highest BCUT2D eigenvalue weighted by Gasteiger charge is 2.33. The van der Waals surface area contributed by atoms with Gasteiger partial charge in [-0.1, -0.05) is 31.1 Å². The van der Waals surface area contributed by atoms with Gasteiger partial charge in [0.1, 0.15) is 12.0 Å². The number of hydrogen-bond acceptors (Lipinski definition) is 4. The maximum absolute atomic E-state index is 5.17. The normalized spacial score (nSPS) is 14.1. The van der Waals surface area contributed by atoms with Gasteiger partial charge in [0.05, 0.1) is 11.9 Å². The molecule has 4 heteroatoms. The van der Waals surface area contributed by atoms with Crippen molar-refractivity contribution in [1.29, 1.82) is 0 Å². The lowest BCUT2D eigenvalue weighted by Crippen LogP contribution is -2.25. The summed E-state index contributed by atoms with van der Waals surface area (Å²) >= 11 is 0. The third-order valence-electron chi connectivity index (χ3n) is 3.07. The Hall–Kier alpha value is -1.58. The van der Waals surface area contributed by atoms with Crippen LogP contribution in [0.3, 0.4) is 0 Å². The molecule has 2 heterocycles. The molecule has 0 saturated carbocycles. The van der Waals surface area contributed by atoms with Gasteiger partial charge in [-0.3, -0.25) is 0 Å². The van der Waals surface area contributed by atoms with Crippen LogP contribution in [0.5, 0.6) is 0 Å². The Morgan fingerprint density at radius 2 is 2.13 bits per heavy atom. The summed E-state index contributed by atoms with van der Waals surface area (Å²) in [7, 11) is 0. The molecule has 0 bridgehead atoms. The second kappa shape index (κ2) is 3.53. The molecule has 0 aromatic carbocycles. The van der Waals surface area contributed by atoms with Crippen LogP contribution in [0.1, 0.15) is 38.1 Å². The molecule has 15 heavy (non-hydrogen) atoms. The SMILES string of the molecule is CC(c1ccno1)C(C)(C)c1ccon1. The van der Waals surface area contributed by atoms with E-state index in [0.717, 1.165) is 11.5 Å². The summed E-state index contributed by atoms with van der Waals surface area (Å²) in [6.45, 7) is 6.31. The fourth-order valence-electron chi connectivity index (χ4n) is 1.57. The predicted octanol–water partition coefficient (Wildman–Crippen LogP) is 2.74. The molecule has 0 aliphatic carbocycles. The maximum Gasteiger partial charge on any atom is 0.140 e. The molecule has 0 spiro atoms. The Bertz CT molecular complexity index is 404. The second-order valence-electron chi connectivity index (χ2n) is 4.24. The first-order valence-corrected chi connectivity index (χ1v) is 4.94. The van der Waals surface area contributed by atoms with E-state index < -0.39 is 0 Å². The van der Waals surface area contributed by atoms with Crippen molar-refractivity contribution >= 4 is 0 Å². The Kier molecular flexibility index (Phi) is 2.34. The van der Waals surface area contributed by atoms with Gasteiger partial charge in [0.2, 0.25) is 0 Å². The Balaban J connectivity index is 2.30. The van der Waals surface area contributed by atoms with E-state index in [9.17, 15) is 0 Å². The third kappa shape index (κ3) is 1.67.